The Bertz CT molecular complexity index is 110. The van der Waals surface area contributed by atoms with Gasteiger partial charge >= 0.3 is 0 Å². The van der Waals surface area contributed by atoms with Gasteiger partial charge in [-0.05, 0) is 38.8 Å². The number of rotatable bonds is 6. The number of nitrogens with one attached hydrogen (secondary N) is 1. The summed E-state index contributed by atoms with van der Waals surface area (Å²) < 4.78 is 0. The van der Waals surface area contributed by atoms with Crippen molar-refractivity contribution in [2.75, 3.05) is 13.1 Å². The van der Waals surface area contributed by atoms with E-state index in [1.807, 2.05) is 6.92 Å². The van der Waals surface area contributed by atoms with Crippen LogP contribution >= 0.6 is 0 Å². The van der Waals surface area contributed by atoms with E-state index >= 15 is 0 Å². The zero-order valence-corrected chi connectivity index (χ0v) is 8.85. The van der Waals surface area contributed by atoms with Gasteiger partial charge in [0.15, 0.2) is 0 Å². The molecule has 0 heterocycles. The van der Waals surface area contributed by atoms with E-state index in [1.54, 1.807) is 0 Å². The van der Waals surface area contributed by atoms with Crippen molar-refractivity contribution < 1.29 is 5.11 Å². The first kappa shape index (κ1) is 11.9. The Labute approximate surface area is 76.4 Å². The van der Waals surface area contributed by atoms with Gasteiger partial charge in [0.05, 0.1) is 5.60 Å². The Morgan fingerprint density at radius 2 is 1.92 bits per heavy atom. The molecule has 0 amide bonds. The molecule has 12 heavy (non-hydrogen) atoms. The molecule has 1 unspecified atom stereocenters. The molecule has 2 N–H and O–H groups in total. The van der Waals surface area contributed by atoms with E-state index in [4.69, 9.17) is 0 Å². The van der Waals surface area contributed by atoms with Gasteiger partial charge in [-0.1, -0.05) is 20.8 Å². The van der Waals surface area contributed by atoms with Gasteiger partial charge in [0.25, 0.3) is 0 Å². The summed E-state index contributed by atoms with van der Waals surface area (Å²) in [6, 6.07) is 0. The van der Waals surface area contributed by atoms with Crippen molar-refractivity contribution in [1.29, 1.82) is 0 Å². The second kappa shape index (κ2) is 5.55. The third-order valence-electron chi connectivity index (χ3n) is 2.48. The van der Waals surface area contributed by atoms with E-state index in [9.17, 15) is 5.11 Å². The predicted molar refractivity (Wildman–Crippen MR) is 53.2 cm³/mol. The average Bonchev–Trinajstić information content (AvgIpc) is 1.98. The Balaban J connectivity index is 3.47. The Morgan fingerprint density at radius 3 is 2.33 bits per heavy atom. The molecule has 0 saturated heterocycles. The highest BCUT2D eigenvalue weighted by atomic mass is 16.3. The third-order valence-corrected chi connectivity index (χ3v) is 2.48. The van der Waals surface area contributed by atoms with Gasteiger partial charge in [-0.2, -0.15) is 0 Å². The van der Waals surface area contributed by atoms with Crippen molar-refractivity contribution in [3.05, 3.63) is 0 Å². The Morgan fingerprint density at radius 1 is 1.33 bits per heavy atom. The van der Waals surface area contributed by atoms with Crippen LogP contribution in [-0.2, 0) is 0 Å². The lowest BCUT2D eigenvalue weighted by molar-refractivity contribution is 0.00589. The largest absolute Gasteiger partial charge is 0.390 e. The fraction of sp³-hybridized carbons (Fsp3) is 1.00. The normalized spacial score (nSPS) is 16.5. The molecule has 74 valence electrons. The van der Waals surface area contributed by atoms with E-state index in [-0.39, 0.29) is 0 Å². The lowest BCUT2D eigenvalue weighted by Crippen LogP contribution is -2.35. The molecule has 1 atom stereocenters. The number of hydrogen-bond donors (Lipinski definition) is 2. The molecule has 2 nitrogen and oxygen atoms in total. The van der Waals surface area contributed by atoms with Crippen molar-refractivity contribution in [2.45, 2.75) is 46.1 Å². The molecule has 0 fully saturated rings. The molecule has 0 aromatic rings. The summed E-state index contributed by atoms with van der Waals surface area (Å²) in [5, 5.41) is 13.1. The molecule has 0 aromatic heterocycles. The predicted octanol–water partition coefficient (Wildman–Crippen LogP) is 1.78. The summed E-state index contributed by atoms with van der Waals surface area (Å²) in [7, 11) is 0. The van der Waals surface area contributed by atoms with E-state index in [0.717, 1.165) is 25.9 Å². The molecule has 0 radical (unpaired) electrons. The summed E-state index contributed by atoms with van der Waals surface area (Å²) in [6.45, 7) is 10.1. The van der Waals surface area contributed by atoms with Gasteiger partial charge in [0, 0.05) is 0 Å². The fourth-order valence-corrected chi connectivity index (χ4v) is 0.932. The monoisotopic (exact) mass is 173 g/mol. The maximum atomic E-state index is 9.85. The molecular weight excluding hydrogens is 150 g/mol. The highest BCUT2D eigenvalue weighted by Crippen LogP contribution is 2.19. The summed E-state index contributed by atoms with van der Waals surface area (Å²) in [6.07, 6.45) is 1.99. The minimum Gasteiger partial charge on any atom is -0.390 e. The molecular formula is C10H23NO. The quantitative estimate of drug-likeness (QED) is 0.600. The zero-order valence-electron chi connectivity index (χ0n) is 8.85. The molecule has 0 aliphatic rings. The van der Waals surface area contributed by atoms with Crippen LogP contribution in [0.1, 0.15) is 40.5 Å². The standard InChI is InChI=1S/C10H23NO/c1-5-7-11-8-6-10(4,12)9(2)3/h9,11-12H,5-8H2,1-4H3. The van der Waals surface area contributed by atoms with Gasteiger partial charge in [0.1, 0.15) is 0 Å². The molecule has 0 aliphatic heterocycles. The van der Waals surface area contributed by atoms with Gasteiger partial charge in [-0.3, -0.25) is 0 Å². The molecule has 0 rings (SSSR count). The Kier molecular flexibility index (Phi) is 5.51. The van der Waals surface area contributed by atoms with Crippen LogP contribution in [0.25, 0.3) is 0 Å². The van der Waals surface area contributed by atoms with Crippen LogP contribution in [0.4, 0.5) is 0 Å². The summed E-state index contributed by atoms with van der Waals surface area (Å²) >= 11 is 0. The summed E-state index contributed by atoms with van der Waals surface area (Å²) in [5.41, 5.74) is -0.513. The van der Waals surface area contributed by atoms with Crippen LogP contribution in [0.5, 0.6) is 0 Å². The van der Waals surface area contributed by atoms with Gasteiger partial charge in [-0.25, -0.2) is 0 Å². The van der Waals surface area contributed by atoms with Crippen molar-refractivity contribution in [3.8, 4) is 0 Å². The van der Waals surface area contributed by atoms with E-state index in [1.165, 1.54) is 0 Å². The number of hydrogen-bond acceptors (Lipinski definition) is 2. The van der Waals surface area contributed by atoms with Crippen molar-refractivity contribution in [1.82, 2.24) is 5.32 Å². The lowest BCUT2D eigenvalue weighted by Gasteiger charge is -2.27. The van der Waals surface area contributed by atoms with Gasteiger partial charge in [-0.15, -0.1) is 0 Å². The molecule has 0 spiro atoms. The maximum absolute atomic E-state index is 9.85. The highest BCUT2D eigenvalue weighted by molar-refractivity contribution is 4.76. The van der Waals surface area contributed by atoms with Crippen molar-refractivity contribution >= 4 is 0 Å². The van der Waals surface area contributed by atoms with Crippen LogP contribution in [0.2, 0.25) is 0 Å². The van der Waals surface area contributed by atoms with Gasteiger partial charge < -0.3 is 10.4 Å². The molecule has 0 saturated carbocycles. The third kappa shape index (κ3) is 4.73. The molecule has 0 aliphatic carbocycles. The van der Waals surface area contributed by atoms with Crippen LogP contribution in [0.15, 0.2) is 0 Å². The second-order valence-electron chi connectivity index (χ2n) is 4.01. The van der Waals surface area contributed by atoms with E-state index in [0.29, 0.717) is 5.92 Å². The molecule has 0 bridgehead atoms. The zero-order chi connectivity index (χ0) is 9.61. The SMILES string of the molecule is CCCNCCC(C)(O)C(C)C. The summed E-state index contributed by atoms with van der Waals surface area (Å²) in [5.74, 6) is 0.334. The van der Waals surface area contributed by atoms with Crippen LogP contribution < -0.4 is 5.32 Å². The first-order chi connectivity index (χ1) is 5.50. The fourth-order valence-electron chi connectivity index (χ4n) is 0.932. The van der Waals surface area contributed by atoms with Gasteiger partial charge in [0.2, 0.25) is 0 Å². The van der Waals surface area contributed by atoms with E-state index < -0.39 is 5.60 Å². The van der Waals surface area contributed by atoms with Crippen molar-refractivity contribution in [3.63, 3.8) is 0 Å². The average molecular weight is 173 g/mol. The minimum atomic E-state index is -0.513. The first-order valence-corrected chi connectivity index (χ1v) is 4.93. The van der Waals surface area contributed by atoms with Crippen LogP contribution in [-0.4, -0.2) is 23.8 Å². The molecule has 0 aromatic carbocycles. The van der Waals surface area contributed by atoms with E-state index in [2.05, 4.69) is 26.1 Å². The maximum Gasteiger partial charge on any atom is 0.0654 e. The second-order valence-corrected chi connectivity index (χ2v) is 4.01. The summed E-state index contributed by atoms with van der Waals surface area (Å²) in [4.78, 5) is 0. The van der Waals surface area contributed by atoms with Crippen LogP contribution in [0, 0.1) is 5.92 Å². The van der Waals surface area contributed by atoms with Crippen molar-refractivity contribution in [2.24, 2.45) is 5.92 Å². The molecule has 2 heteroatoms. The lowest BCUT2D eigenvalue weighted by atomic mass is 9.89. The highest BCUT2D eigenvalue weighted by Gasteiger charge is 2.23. The first-order valence-electron chi connectivity index (χ1n) is 4.93. The smallest absolute Gasteiger partial charge is 0.0654 e. The number of aliphatic hydroxyl groups is 1. The Hall–Kier alpha value is -0.0800. The van der Waals surface area contributed by atoms with Crippen LogP contribution in [0.3, 0.4) is 0 Å². The minimum absolute atomic E-state index is 0.334. The topological polar surface area (TPSA) is 32.3 Å².